The second kappa shape index (κ2) is 6.23. The fourth-order valence-electron chi connectivity index (χ4n) is 3.49. The monoisotopic (exact) mass is 295 g/mol. The number of rotatable bonds is 5. The minimum Gasteiger partial charge on any atom is -0.371 e. The molecule has 1 aliphatic carbocycles. The first kappa shape index (κ1) is 15.3. The first-order valence-electron chi connectivity index (χ1n) is 8.27. The average molecular weight is 295 g/mol. The summed E-state index contributed by atoms with van der Waals surface area (Å²) in [5.74, 6) is 0.201. The molecule has 0 saturated carbocycles. The van der Waals surface area contributed by atoms with E-state index >= 15 is 0 Å². The highest BCUT2D eigenvalue weighted by Gasteiger charge is 2.42. The van der Waals surface area contributed by atoms with Gasteiger partial charge >= 0.3 is 0 Å². The molecule has 2 atom stereocenters. The van der Waals surface area contributed by atoms with Crippen LogP contribution in [0.4, 0.5) is 0 Å². The third-order valence-corrected chi connectivity index (χ3v) is 4.88. The molecule has 0 bridgehead atoms. The van der Waals surface area contributed by atoms with Gasteiger partial charge in [-0.25, -0.2) is 0 Å². The lowest BCUT2D eigenvalue weighted by Gasteiger charge is -2.30. The van der Waals surface area contributed by atoms with Crippen LogP contribution in [0.2, 0.25) is 0 Å². The molecule has 22 heavy (non-hydrogen) atoms. The summed E-state index contributed by atoms with van der Waals surface area (Å²) >= 11 is 0. The van der Waals surface area contributed by atoms with E-state index in [9.17, 15) is 5.11 Å². The van der Waals surface area contributed by atoms with Crippen LogP contribution in [0.5, 0.6) is 0 Å². The summed E-state index contributed by atoms with van der Waals surface area (Å²) in [5, 5.41) is 14.5. The van der Waals surface area contributed by atoms with Crippen molar-refractivity contribution in [1.29, 1.82) is 0 Å². The predicted molar refractivity (Wildman–Crippen MR) is 90.7 cm³/mol. The molecule has 0 heterocycles. The molecular formula is C20H25NO. The van der Waals surface area contributed by atoms with Crippen molar-refractivity contribution >= 4 is 0 Å². The maximum Gasteiger partial charge on any atom is 0.145 e. The molecule has 2 aromatic carbocycles. The van der Waals surface area contributed by atoms with Crippen molar-refractivity contribution in [3.8, 4) is 0 Å². The molecule has 116 valence electrons. The SMILES string of the molecule is CCc1cccc(CCNC2(O)c3ccccc3CC2C)c1. The minimum atomic E-state index is -0.890. The molecule has 0 spiro atoms. The molecule has 0 fully saturated rings. The highest BCUT2D eigenvalue weighted by atomic mass is 16.3. The molecule has 2 aromatic rings. The first-order valence-corrected chi connectivity index (χ1v) is 8.27. The highest BCUT2D eigenvalue weighted by molar-refractivity contribution is 5.37. The number of benzene rings is 2. The maximum absolute atomic E-state index is 11.1. The van der Waals surface area contributed by atoms with E-state index in [0.29, 0.717) is 0 Å². The van der Waals surface area contributed by atoms with E-state index < -0.39 is 5.72 Å². The van der Waals surface area contributed by atoms with Gasteiger partial charge in [-0.3, -0.25) is 5.32 Å². The Morgan fingerprint density at radius 2 is 1.91 bits per heavy atom. The van der Waals surface area contributed by atoms with Gasteiger partial charge in [0, 0.05) is 18.0 Å². The molecule has 0 saturated heterocycles. The van der Waals surface area contributed by atoms with Crippen molar-refractivity contribution in [3.63, 3.8) is 0 Å². The van der Waals surface area contributed by atoms with Crippen LogP contribution >= 0.6 is 0 Å². The summed E-state index contributed by atoms with van der Waals surface area (Å²) in [5.41, 5.74) is 4.12. The Morgan fingerprint density at radius 1 is 1.14 bits per heavy atom. The van der Waals surface area contributed by atoms with Crippen LogP contribution < -0.4 is 5.32 Å². The van der Waals surface area contributed by atoms with E-state index in [4.69, 9.17) is 0 Å². The molecule has 0 radical (unpaired) electrons. The number of hydrogen-bond donors (Lipinski definition) is 2. The molecule has 0 aromatic heterocycles. The van der Waals surface area contributed by atoms with Crippen LogP contribution in [0.3, 0.4) is 0 Å². The zero-order valence-electron chi connectivity index (χ0n) is 13.5. The van der Waals surface area contributed by atoms with Gasteiger partial charge in [-0.05, 0) is 36.0 Å². The molecule has 0 amide bonds. The Morgan fingerprint density at radius 3 is 2.73 bits per heavy atom. The number of nitrogens with one attached hydrogen (secondary N) is 1. The zero-order chi connectivity index (χ0) is 15.6. The van der Waals surface area contributed by atoms with Crippen LogP contribution in [0.25, 0.3) is 0 Å². The lowest BCUT2D eigenvalue weighted by atomic mass is 9.97. The minimum absolute atomic E-state index is 0.201. The van der Waals surface area contributed by atoms with E-state index in [0.717, 1.165) is 31.4 Å². The van der Waals surface area contributed by atoms with E-state index in [1.54, 1.807) is 0 Å². The molecular weight excluding hydrogens is 270 g/mol. The standard InChI is InChI=1S/C20H25NO/c1-3-16-7-6-8-17(14-16)11-12-21-20(22)15(2)13-18-9-4-5-10-19(18)20/h4-10,14-15,21-22H,3,11-13H2,1-2H3. The Kier molecular flexibility index (Phi) is 4.32. The van der Waals surface area contributed by atoms with E-state index in [2.05, 4.69) is 49.5 Å². The van der Waals surface area contributed by atoms with Gasteiger partial charge < -0.3 is 5.11 Å². The van der Waals surface area contributed by atoms with Gasteiger partial charge in [0.25, 0.3) is 0 Å². The lowest BCUT2D eigenvalue weighted by Crippen LogP contribution is -2.46. The van der Waals surface area contributed by atoms with Gasteiger partial charge in [-0.2, -0.15) is 0 Å². The maximum atomic E-state index is 11.1. The lowest BCUT2D eigenvalue weighted by molar-refractivity contribution is -0.0373. The van der Waals surface area contributed by atoms with Crippen LogP contribution in [0.15, 0.2) is 48.5 Å². The summed E-state index contributed by atoms with van der Waals surface area (Å²) in [6, 6.07) is 16.9. The second-order valence-corrected chi connectivity index (χ2v) is 6.38. The van der Waals surface area contributed by atoms with E-state index in [-0.39, 0.29) is 5.92 Å². The first-order chi connectivity index (χ1) is 10.6. The molecule has 2 N–H and O–H groups in total. The molecule has 2 nitrogen and oxygen atoms in total. The third kappa shape index (κ3) is 2.81. The number of hydrogen-bond acceptors (Lipinski definition) is 2. The summed E-state index contributed by atoms with van der Waals surface area (Å²) in [7, 11) is 0. The molecule has 0 aliphatic heterocycles. The van der Waals surface area contributed by atoms with Gasteiger partial charge in [-0.1, -0.05) is 62.4 Å². The molecule has 1 aliphatic rings. The Labute approximate surface area is 133 Å². The van der Waals surface area contributed by atoms with Gasteiger partial charge in [0.05, 0.1) is 0 Å². The molecule has 2 heteroatoms. The summed E-state index contributed by atoms with van der Waals surface area (Å²) < 4.78 is 0. The third-order valence-electron chi connectivity index (χ3n) is 4.88. The fraction of sp³-hybridized carbons (Fsp3) is 0.400. The quantitative estimate of drug-likeness (QED) is 0.828. The summed E-state index contributed by atoms with van der Waals surface area (Å²) in [4.78, 5) is 0. The number of fused-ring (bicyclic) bond motifs is 1. The van der Waals surface area contributed by atoms with Gasteiger partial charge in [0.15, 0.2) is 0 Å². The van der Waals surface area contributed by atoms with Crippen molar-refractivity contribution in [2.24, 2.45) is 5.92 Å². The van der Waals surface area contributed by atoms with Gasteiger partial charge in [0.1, 0.15) is 5.72 Å². The Hall–Kier alpha value is -1.64. The summed E-state index contributed by atoms with van der Waals surface area (Å²) in [6.07, 6.45) is 2.94. The number of aryl methyl sites for hydroxylation is 1. The molecule has 2 unspecified atom stereocenters. The van der Waals surface area contributed by atoms with Crippen molar-refractivity contribution in [1.82, 2.24) is 5.32 Å². The van der Waals surface area contributed by atoms with Gasteiger partial charge in [-0.15, -0.1) is 0 Å². The Bertz CT molecular complexity index is 652. The highest BCUT2D eigenvalue weighted by Crippen LogP contribution is 2.39. The number of aliphatic hydroxyl groups is 1. The van der Waals surface area contributed by atoms with Crippen LogP contribution in [0.1, 0.15) is 36.1 Å². The van der Waals surface area contributed by atoms with Crippen molar-refractivity contribution in [3.05, 3.63) is 70.8 Å². The summed E-state index contributed by atoms with van der Waals surface area (Å²) in [6.45, 7) is 5.07. The van der Waals surface area contributed by atoms with Crippen LogP contribution in [-0.2, 0) is 25.0 Å². The fourth-order valence-corrected chi connectivity index (χ4v) is 3.49. The molecule has 3 rings (SSSR count). The van der Waals surface area contributed by atoms with Gasteiger partial charge in [0.2, 0.25) is 0 Å². The normalized spacial score (nSPS) is 23.5. The van der Waals surface area contributed by atoms with Crippen LogP contribution in [0, 0.1) is 5.92 Å². The van der Waals surface area contributed by atoms with Crippen molar-refractivity contribution in [2.75, 3.05) is 6.54 Å². The van der Waals surface area contributed by atoms with E-state index in [1.165, 1.54) is 16.7 Å². The largest absolute Gasteiger partial charge is 0.371 e. The Balaban J connectivity index is 1.68. The average Bonchev–Trinajstić information content (AvgIpc) is 2.79. The van der Waals surface area contributed by atoms with Crippen molar-refractivity contribution < 1.29 is 5.11 Å². The predicted octanol–water partition coefficient (Wildman–Crippen LogP) is 3.42. The zero-order valence-corrected chi connectivity index (χ0v) is 13.5. The second-order valence-electron chi connectivity index (χ2n) is 6.38. The van der Waals surface area contributed by atoms with E-state index in [1.807, 2.05) is 18.2 Å². The topological polar surface area (TPSA) is 32.3 Å². The van der Waals surface area contributed by atoms with Crippen LogP contribution in [-0.4, -0.2) is 11.7 Å². The smallest absolute Gasteiger partial charge is 0.145 e. The van der Waals surface area contributed by atoms with Crippen molar-refractivity contribution in [2.45, 2.75) is 38.8 Å².